The third-order valence-corrected chi connectivity index (χ3v) is 4.54. The first-order valence-corrected chi connectivity index (χ1v) is 8.48. The van der Waals surface area contributed by atoms with E-state index in [0.29, 0.717) is 12.1 Å². The maximum absolute atomic E-state index is 12.1. The Bertz CT molecular complexity index is 603. The number of hydrogen-bond donors (Lipinski definition) is 2. The summed E-state index contributed by atoms with van der Waals surface area (Å²) in [6.07, 6.45) is 1.43. The highest BCUT2D eigenvalue weighted by Gasteiger charge is 2.30. The lowest BCUT2D eigenvalue weighted by Crippen LogP contribution is -2.48. The summed E-state index contributed by atoms with van der Waals surface area (Å²) in [5, 5.41) is 2.57. The van der Waals surface area contributed by atoms with Crippen molar-refractivity contribution in [3.63, 3.8) is 0 Å². The van der Waals surface area contributed by atoms with Gasteiger partial charge in [0.25, 0.3) is 5.24 Å². The zero-order valence-corrected chi connectivity index (χ0v) is 15.3. The minimum atomic E-state index is -0.904. The van der Waals surface area contributed by atoms with Crippen LogP contribution in [0.1, 0.15) is 32.3 Å². The van der Waals surface area contributed by atoms with Crippen LogP contribution >= 0.6 is 24.2 Å². The highest BCUT2D eigenvalue weighted by Crippen LogP contribution is 2.22. The van der Waals surface area contributed by atoms with E-state index in [9.17, 15) is 14.4 Å². The topological polar surface area (TPSA) is 92.5 Å². The predicted octanol–water partition coefficient (Wildman–Crippen LogP) is 2.76. The van der Waals surface area contributed by atoms with Crippen molar-refractivity contribution in [2.45, 2.75) is 38.8 Å². The maximum atomic E-state index is 12.1. The van der Waals surface area contributed by atoms with Gasteiger partial charge in [-0.05, 0) is 31.0 Å². The summed E-state index contributed by atoms with van der Waals surface area (Å²) in [4.78, 5) is 36.5. The molecule has 0 radical (unpaired) electrons. The quantitative estimate of drug-likeness (QED) is 0.802. The number of nitrogens with two attached hydrogens (primary N) is 1. The van der Waals surface area contributed by atoms with Crippen molar-refractivity contribution in [1.82, 2.24) is 4.90 Å². The number of amides is 3. The van der Waals surface area contributed by atoms with Gasteiger partial charge < -0.3 is 11.1 Å². The standard InChI is InChI=1S/C16H21N3O3S.ClH/c1-3-8-16(2,17)14(21)18-12-6-4-11(5-7-12)9-19-13(20)10-23-15(19)22;/h4-7H,3,8-10,17H2,1-2H3,(H,18,21);1H. The lowest BCUT2D eigenvalue weighted by Gasteiger charge is -2.23. The van der Waals surface area contributed by atoms with Gasteiger partial charge in [0.1, 0.15) is 0 Å². The number of carbonyl (C=O) groups excluding carboxylic acids is 3. The van der Waals surface area contributed by atoms with Crippen LogP contribution in [0.4, 0.5) is 10.5 Å². The van der Waals surface area contributed by atoms with Crippen LogP contribution in [0.25, 0.3) is 0 Å². The van der Waals surface area contributed by atoms with Crippen LogP contribution in [0.2, 0.25) is 0 Å². The van der Waals surface area contributed by atoms with E-state index in [-0.39, 0.29) is 41.8 Å². The second kappa shape index (κ2) is 8.50. The number of hydrogen-bond acceptors (Lipinski definition) is 5. The highest BCUT2D eigenvalue weighted by atomic mass is 35.5. The van der Waals surface area contributed by atoms with E-state index in [2.05, 4.69) is 5.32 Å². The van der Waals surface area contributed by atoms with E-state index >= 15 is 0 Å². The summed E-state index contributed by atoms with van der Waals surface area (Å²) < 4.78 is 0. The van der Waals surface area contributed by atoms with Crippen LogP contribution in [0.5, 0.6) is 0 Å². The molecule has 1 aromatic carbocycles. The van der Waals surface area contributed by atoms with Crippen molar-refractivity contribution >= 4 is 46.9 Å². The molecule has 24 heavy (non-hydrogen) atoms. The third kappa shape index (κ3) is 4.96. The fraction of sp³-hybridized carbons (Fsp3) is 0.438. The van der Waals surface area contributed by atoms with Gasteiger partial charge in [0.05, 0.1) is 17.8 Å². The summed E-state index contributed by atoms with van der Waals surface area (Å²) in [5.41, 5.74) is 6.56. The molecule has 0 aromatic heterocycles. The molecule has 1 aliphatic heterocycles. The Morgan fingerprint density at radius 3 is 2.46 bits per heavy atom. The lowest BCUT2D eigenvalue weighted by atomic mass is 9.96. The average molecular weight is 372 g/mol. The second-order valence-electron chi connectivity index (χ2n) is 5.85. The van der Waals surface area contributed by atoms with Crippen LogP contribution in [-0.4, -0.2) is 33.2 Å². The van der Waals surface area contributed by atoms with Crippen molar-refractivity contribution in [2.75, 3.05) is 11.1 Å². The molecular formula is C16H22ClN3O3S. The number of anilines is 1. The third-order valence-electron chi connectivity index (χ3n) is 3.68. The normalized spacial score (nSPS) is 16.5. The number of rotatable bonds is 6. The van der Waals surface area contributed by atoms with E-state index in [1.165, 1.54) is 4.90 Å². The summed E-state index contributed by atoms with van der Waals surface area (Å²) in [7, 11) is 0. The first-order chi connectivity index (χ1) is 10.8. The Balaban J connectivity index is 0.00000288. The first kappa shape index (κ1) is 20.5. The number of imide groups is 1. The van der Waals surface area contributed by atoms with Crippen LogP contribution in [0.3, 0.4) is 0 Å². The Morgan fingerprint density at radius 2 is 1.96 bits per heavy atom. The van der Waals surface area contributed by atoms with Crippen LogP contribution in [-0.2, 0) is 16.1 Å². The Morgan fingerprint density at radius 1 is 1.33 bits per heavy atom. The van der Waals surface area contributed by atoms with Gasteiger partial charge in [0.2, 0.25) is 11.8 Å². The number of benzene rings is 1. The minimum Gasteiger partial charge on any atom is -0.325 e. The molecule has 1 atom stereocenters. The molecular weight excluding hydrogens is 350 g/mol. The molecule has 1 aromatic rings. The minimum absolute atomic E-state index is 0. The Labute approximate surface area is 151 Å². The number of halogens is 1. The van der Waals surface area contributed by atoms with Crippen molar-refractivity contribution in [1.29, 1.82) is 0 Å². The van der Waals surface area contributed by atoms with Gasteiger partial charge in [-0.25, -0.2) is 0 Å². The maximum Gasteiger partial charge on any atom is 0.289 e. The molecule has 3 N–H and O–H groups in total. The summed E-state index contributed by atoms with van der Waals surface area (Å²) >= 11 is 1.02. The molecule has 0 bridgehead atoms. The van der Waals surface area contributed by atoms with Gasteiger partial charge in [-0.1, -0.05) is 37.2 Å². The largest absolute Gasteiger partial charge is 0.325 e. The van der Waals surface area contributed by atoms with Gasteiger partial charge in [-0.15, -0.1) is 12.4 Å². The molecule has 1 aliphatic rings. The number of carbonyl (C=O) groups is 3. The second-order valence-corrected chi connectivity index (χ2v) is 6.78. The zero-order chi connectivity index (χ0) is 17.0. The molecule has 1 fully saturated rings. The van der Waals surface area contributed by atoms with Crippen molar-refractivity contribution in [3.8, 4) is 0 Å². The number of nitrogens with one attached hydrogen (secondary N) is 1. The van der Waals surface area contributed by atoms with Crippen molar-refractivity contribution < 1.29 is 14.4 Å². The van der Waals surface area contributed by atoms with E-state index in [1.807, 2.05) is 6.92 Å². The average Bonchev–Trinajstić information content (AvgIpc) is 2.81. The molecule has 0 aliphatic carbocycles. The molecule has 132 valence electrons. The summed E-state index contributed by atoms with van der Waals surface area (Å²) in [6, 6.07) is 7.06. The van der Waals surface area contributed by atoms with E-state index in [0.717, 1.165) is 23.7 Å². The SMILES string of the molecule is CCCC(C)(N)C(=O)Nc1ccc(CN2C(=O)CSC2=O)cc1.Cl. The van der Waals surface area contributed by atoms with Crippen molar-refractivity contribution in [2.24, 2.45) is 5.73 Å². The molecule has 0 saturated carbocycles. The summed E-state index contributed by atoms with van der Waals surface area (Å²) in [5.74, 6) is -0.191. The Kier molecular flexibility index (Phi) is 7.26. The fourth-order valence-electron chi connectivity index (χ4n) is 2.32. The lowest BCUT2D eigenvalue weighted by molar-refractivity contribution is -0.125. The monoisotopic (exact) mass is 371 g/mol. The molecule has 2 rings (SSSR count). The van der Waals surface area contributed by atoms with E-state index in [4.69, 9.17) is 5.73 Å². The molecule has 3 amide bonds. The molecule has 0 spiro atoms. The van der Waals surface area contributed by atoms with Crippen LogP contribution in [0, 0.1) is 0 Å². The molecule has 1 saturated heterocycles. The van der Waals surface area contributed by atoms with Crippen molar-refractivity contribution in [3.05, 3.63) is 29.8 Å². The van der Waals surface area contributed by atoms with Crippen LogP contribution in [0.15, 0.2) is 24.3 Å². The molecule has 8 heteroatoms. The van der Waals surface area contributed by atoms with Gasteiger partial charge in [-0.3, -0.25) is 19.3 Å². The Hall–Kier alpha value is -1.57. The summed E-state index contributed by atoms with van der Waals surface area (Å²) in [6.45, 7) is 3.94. The van der Waals surface area contributed by atoms with Gasteiger partial charge in [-0.2, -0.15) is 0 Å². The number of nitrogens with zero attached hydrogens (tertiary/aromatic N) is 1. The molecule has 6 nitrogen and oxygen atoms in total. The zero-order valence-electron chi connectivity index (χ0n) is 13.7. The van der Waals surface area contributed by atoms with E-state index in [1.54, 1.807) is 31.2 Å². The first-order valence-electron chi connectivity index (χ1n) is 7.50. The van der Waals surface area contributed by atoms with Crippen LogP contribution < -0.4 is 11.1 Å². The fourth-order valence-corrected chi connectivity index (χ4v) is 3.04. The smallest absolute Gasteiger partial charge is 0.289 e. The highest BCUT2D eigenvalue weighted by molar-refractivity contribution is 8.14. The van der Waals surface area contributed by atoms with Gasteiger partial charge >= 0.3 is 0 Å². The van der Waals surface area contributed by atoms with E-state index < -0.39 is 5.54 Å². The molecule has 1 heterocycles. The molecule has 1 unspecified atom stereocenters. The van der Waals surface area contributed by atoms with Gasteiger partial charge in [0, 0.05) is 5.69 Å². The predicted molar refractivity (Wildman–Crippen MR) is 98.2 cm³/mol. The number of thioether (sulfide) groups is 1. The van der Waals surface area contributed by atoms with Gasteiger partial charge in [0.15, 0.2) is 0 Å².